The molecule has 0 saturated carbocycles. The van der Waals surface area contributed by atoms with Crippen LogP contribution in [0.2, 0.25) is 0 Å². The van der Waals surface area contributed by atoms with Crippen molar-refractivity contribution in [2.75, 3.05) is 5.06 Å². The summed E-state index contributed by atoms with van der Waals surface area (Å²) >= 11 is 0. The summed E-state index contributed by atoms with van der Waals surface area (Å²) in [5.74, 6) is -0.428. The Morgan fingerprint density at radius 1 is 1.06 bits per heavy atom. The lowest BCUT2D eigenvalue weighted by Gasteiger charge is -2.17. The largest absolute Gasteiger partial charge is 0.281 e. The number of rotatable bonds is 2. The Bertz CT molecular complexity index is 564. The van der Waals surface area contributed by atoms with Gasteiger partial charge in [-0.15, -0.1) is 0 Å². The van der Waals surface area contributed by atoms with Crippen LogP contribution in [0, 0.1) is 13.8 Å². The van der Waals surface area contributed by atoms with E-state index in [1.165, 1.54) is 0 Å². The number of carbonyl (C=O) groups is 1. The molecule has 0 saturated heterocycles. The Kier molecular flexibility index (Phi) is 3.44. The number of nitrogens with zero attached hydrogens (tertiary/aromatic N) is 1. The molecule has 2 aromatic carbocycles. The third-order valence-electron chi connectivity index (χ3n) is 2.79. The van der Waals surface area contributed by atoms with Crippen LogP contribution in [-0.4, -0.2) is 11.1 Å². The summed E-state index contributed by atoms with van der Waals surface area (Å²) in [5.41, 5.74) is 2.92. The minimum Gasteiger partial charge on any atom is -0.281 e. The second kappa shape index (κ2) is 5.02. The van der Waals surface area contributed by atoms with Crippen LogP contribution in [0.3, 0.4) is 0 Å². The van der Waals surface area contributed by atoms with Crippen LogP contribution >= 0.6 is 0 Å². The first kappa shape index (κ1) is 12.3. The van der Waals surface area contributed by atoms with Gasteiger partial charge in [0.1, 0.15) is 0 Å². The van der Waals surface area contributed by atoms with Crippen molar-refractivity contribution < 1.29 is 10.0 Å². The molecule has 3 nitrogen and oxygen atoms in total. The molecule has 1 amide bonds. The molecule has 0 heterocycles. The monoisotopic (exact) mass is 241 g/mol. The van der Waals surface area contributed by atoms with E-state index < -0.39 is 5.91 Å². The summed E-state index contributed by atoms with van der Waals surface area (Å²) < 4.78 is 0. The first-order valence-corrected chi connectivity index (χ1v) is 5.75. The SMILES string of the molecule is Cc1ccc(N(O)C(=O)c2ccccc2)c(C)c1. The summed E-state index contributed by atoms with van der Waals surface area (Å²) in [5, 5.41) is 10.7. The Balaban J connectivity index is 2.31. The average Bonchev–Trinajstić information content (AvgIpc) is 2.38. The van der Waals surface area contributed by atoms with Gasteiger partial charge in [0.25, 0.3) is 5.91 Å². The molecule has 92 valence electrons. The average molecular weight is 241 g/mol. The highest BCUT2D eigenvalue weighted by atomic mass is 16.5. The fourth-order valence-electron chi connectivity index (χ4n) is 1.86. The van der Waals surface area contributed by atoms with Crippen molar-refractivity contribution in [1.82, 2.24) is 0 Å². The van der Waals surface area contributed by atoms with Gasteiger partial charge in [-0.1, -0.05) is 35.9 Å². The molecule has 0 aliphatic rings. The molecular formula is C15H15NO2. The molecule has 2 rings (SSSR count). The van der Waals surface area contributed by atoms with Crippen LogP contribution in [0.4, 0.5) is 5.69 Å². The lowest BCUT2D eigenvalue weighted by atomic mass is 10.1. The van der Waals surface area contributed by atoms with E-state index in [9.17, 15) is 10.0 Å². The quantitative estimate of drug-likeness (QED) is 0.647. The van der Waals surface area contributed by atoms with Gasteiger partial charge >= 0.3 is 0 Å². The zero-order chi connectivity index (χ0) is 13.1. The standard InChI is InChI=1S/C15H15NO2/c1-11-8-9-14(12(2)10-11)16(18)15(17)13-6-4-3-5-7-13/h3-10,18H,1-2H3. The maximum atomic E-state index is 12.1. The van der Waals surface area contributed by atoms with Gasteiger partial charge in [0, 0.05) is 5.56 Å². The highest BCUT2D eigenvalue weighted by Gasteiger charge is 2.16. The van der Waals surface area contributed by atoms with E-state index >= 15 is 0 Å². The maximum Gasteiger partial charge on any atom is 0.281 e. The lowest BCUT2D eigenvalue weighted by molar-refractivity contribution is 0.0854. The minimum atomic E-state index is -0.428. The van der Waals surface area contributed by atoms with Gasteiger partial charge in [0.05, 0.1) is 5.69 Å². The highest BCUT2D eigenvalue weighted by molar-refractivity contribution is 6.04. The number of hydroxylamine groups is 1. The van der Waals surface area contributed by atoms with Gasteiger partial charge in [-0.2, -0.15) is 5.06 Å². The minimum absolute atomic E-state index is 0.428. The Hall–Kier alpha value is -2.13. The van der Waals surface area contributed by atoms with Crippen molar-refractivity contribution in [3.05, 3.63) is 65.2 Å². The van der Waals surface area contributed by atoms with Gasteiger partial charge in [-0.05, 0) is 37.6 Å². The number of anilines is 1. The molecular weight excluding hydrogens is 226 g/mol. The molecule has 0 spiro atoms. The third kappa shape index (κ3) is 2.41. The number of hydrogen-bond donors (Lipinski definition) is 1. The summed E-state index contributed by atoms with van der Waals surface area (Å²) in [6, 6.07) is 14.2. The molecule has 3 heteroatoms. The van der Waals surface area contributed by atoms with E-state index in [1.807, 2.05) is 32.0 Å². The van der Waals surface area contributed by atoms with Gasteiger partial charge in [0.2, 0.25) is 0 Å². The van der Waals surface area contributed by atoms with Crippen LogP contribution in [0.5, 0.6) is 0 Å². The van der Waals surface area contributed by atoms with Crippen LogP contribution in [0.15, 0.2) is 48.5 Å². The van der Waals surface area contributed by atoms with Crippen molar-refractivity contribution in [1.29, 1.82) is 0 Å². The molecule has 0 aliphatic carbocycles. The molecule has 0 atom stereocenters. The number of amides is 1. The van der Waals surface area contributed by atoms with E-state index in [0.717, 1.165) is 11.1 Å². The van der Waals surface area contributed by atoms with E-state index in [-0.39, 0.29) is 0 Å². The highest BCUT2D eigenvalue weighted by Crippen LogP contribution is 2.21. The van der Waals surface area contributed by atoms with Gasteiger partial charge in [-0.3, -0.25) is 10.0 Å². The molecule has 0 aromatic heterocycles. The maximum absolute atomic E-state index is 12.1. The second-order valence-corrected chi connectivity index (χ2v) is 4.27. The van der Waals surface area contributed by atoms with Gasteiger partial charge in [0.15, 0.2) is 0 Å². The Morgan fingerprint density at radius 2 is 1.72 bits per heavy atom. The molecule has 0 radical (unpaired) electrons. The predicted octanol–water partition coefficient (Wildman–Crippen LogP) is 3.34. The third-order valence-corrected chi connectivity index (χ3v) is 2.79. The number of benzene rings is 2. The van der Waals surface area contributed by atoms with Gasteiger partial charge in [-0.25, -0.2) is 0 Å². The summed E-state index contributed by atoms with van der Waals surface area (Å²) in [7, 11) is 0. The van der Waals surface area contributed by atoms with Crippen molar-refractivity contribution in [2.45, 2.75) is 13.8 Å². The molecule has 0 unspecified atom stereocenters. The van der Waals surface area contributed by atoms with E-state index in [1.54, 1.807) is 30.3 Å². The molecule has 1 N–H and O–H groups in total. The number of carbonyl (C=O) groups excluding carboxylic acids is 1. The summed E-state index contributed by atoms with van der Waals surface area (Å²) in [6.07, 6.45) is 0. The van der Waals surface area contributed by atoms with Crippen LogP contribution in [-0.2, 0) is 0 Å². The van der Waals surface area contributed by atoms with Crippen molar-refractivity contribution in [3.8, 4) is 0 Å². The normalized spacial score (nSPS) is 10.2. The van der Waals surface area contributed by atoms with Crippen molar-refractivity contribution in [3.63, 3.8) is 0 Å². The number of aryl methyl sites for hydroxylation is 2. The van der Waals surface area contributed by atoms with E-state index in [2.05, 4.69) is 0 Å². The van der Waals surface area contributed by atoms with Crippen LogP contribution in [0.1, 0.15) is 21.5 Å². The molecule has 0 bridgehead atoms. The Labute approximate surface area is 106 Å². The fraction of sp³-hybridized carbons (Fsp3) is 0.133. The number of hydrogen-bond acceptors (Lipinski definition) is 2. The summed E-state index contributed by atoms with van der Waals surface area (Å²) in [6.45, 7) is 3.83. The smallest absolute Gasteiger partial charge is 0.281 e. The van der Waals surface area contributed by atoms with Crippen LogP contribution < -0.4 is 5.06 Å². The van der Waals surface area contributed by atoms with Crippen molar-refractivity contribution in [2.24, 2.45) is 0 Å². The zero-order valence-electron chi connectivity index (χ0n) is 10.4. The first-order chi connectivity index (χ1) is 8.59. The van der Waals surface area contributed by atoms with E-state index in [4.69, 9.17) is 0 Å². The first-order valence-electron chi connectivity index (χ1n) is 5.75. The topological polar surface area (TPSA) is 40.5 Å². The van der Waals surface area contributed by atoms with E-state index in [0.29, 0.717) is 16.3 Å². The second-order valence-electron chi connectivity index (χ2n) is 4.27. The Morgan fingerprint density at radius 3 is 2.33 bits per heavy atom. The van der Waals surface area contributed by atoms with Gasteiger partial charge < -0.3 is 0 Å². The zero-order valence-corrected chi connectivity index (χ0v) is 10.4. The molecule has 18 heavy (non-hydrogen) atoms. The van der Waals surface area contributed by atoms with Crippen molar-refractivity contribution >= 4 is 11.6 Å². The summed E-state index contributed by atoms with van der Waals surface area (Å²) in [4.78, 5) is 12.1. The molecule has 0 aliphatic heterocycles. The fourth-order valence-corrected chi connectivity index (χ4v) is 1.86. The lowest BCUT2D eigenvalue weighted by Crippen LogP contribution is -2.27. The van der Waals surface area contributed by atoms with Crippen LogP contribution in [0.25, 0.3) is 0 Å². The molecule has 2 aromatic rings. The molecule has 0 fully saturated rings. The predicted molar refractivity (Wildman–Crippen MR) is 71.0 cm³/mol.